The van der Waals surface area contributed by atoms with E-state index in [-0.39, 0.29) is 38.0 Å². The highest BCUT2D eigenvalue weighted by Gasteiger charge is 2.19. The molecule has 0 rings (SSSR count). The summed E-state index contributed by atoms with van der Waals surface area (Å²) in [4.78, 5) is 38.0. The van der Waals surface area contributed by atoms with Crippen LogP contribution >= 0.6 is 0 Å². The molecule has 0 bridgehead atoms. The molecule has 0 aromatic rings. The third-order valence-electron chi connectivity index (χ3n) is 12.6. The first-order valence-corrected chi connectivity index (χ1v) is 29.9. The van der Waals surface area contributed by atoms with E-state index in [2.05, 4.69) is 106 Å². The predicted octanol–water partition coefficient (Wildman–Crippen LogP) is 20.3. The lowest BCUT2D eigenvalue weighted by molar-refractivity contribution is -0.166. The summed E-state index contributed by atoms with van der Waals surface area (Å²) in [5.41, 5.74) is 0. The van der Waals surface area contributed by atoms with E-state index in [0.717, 1.165) is 70.6 Å². The Morgan fingerprint density at radius 2 is 0.583 bits per heavy atom. The summed E-state index contributed by atoms with van der Waals surface area (Å²) >= 11 is 0. The summed E-state index contributed by atoms with van der Waals surface area (Å²) < 4.78 is 16.7. The molecule has 0 aliphatic carbocycles. The van der Waals surface area contributed by atoms with Crippen molar-refractivity contribution in [3.63, 3.8) is 0 Å². The minimum atomic E-state index is -0.862. The fraction of sp³-hybridized carbons (Fsp3) is 0.682. The smallest absolute Gasteiger partial charge is 0.310 e. The Bertz CT molecular complexity index is 1470. The first-order chi connectivity index (χ1) is 35.5. The van der Waals surface area contributed by atoms with Crippen LogP contribution in [0.5, 0.6) is 0 Å². The van der Waals surface area contributed by atoms with Crippen molar-refractivity contribution >= 4 is 17.9 Å². The molecule has 0 fully saturated rings. The van der Waals surface area contributed by atoms with E-state index >= 15 is 0 Å². The zero-order valence-corrected chi connectivity index (χ0v) is 46.9. The fourth-order valence-electron chi connectivity index (χ4n) is 8.18. The van der Waals surface area contributed by atoms with Gasteiger partial charge in [-0.1, -0.05) is 291 Å². The Balaban J connectivity index is 4.36. The van der Waals surface area contributed by atoms with Gasteiger partial charge in [-0.3, -0.25) is 14.4 Å². The van der Waals surface area contributed by atoms with E-state index in [1.807, 2.05) is 18.2 Å². The van der Waals surface area contributed by atoms with Gasteiger partial charge in [-0.2, -0.15) is 0 Å². The van der Waals surface area contributed by atoms with Gasteiger partial charge < -0.3 is 14.2 Å². The van der Waals surface area contributed by atoms with Crippen LogP contribution in [0.25, 0.3) is 0 Å². The van der Waals surface area contributed by atoms with Crippen molar-refractivity contribution in [2.24, 2.45) is 0 Å². The van der Waals surface area contributed by atoms with Crippen LogP contribution < -0.4 is 0 Å². The number of carbonyl (C=O) groups excluding carboxylic acids is 3. The van der Waals surface area contributed by atoms with Crippen LogP contribution in [0.1, 0.15) is 271 Å². The van der Waals surface area contributed by atoms with Gasteiger partial charge >= 0.3 is 17.9 Å². The fourth-order valence-corrected chi connectivity index (χ4v) is 8.18. The van der Waals surface area contributed by atoms with E-state index in [9.17, 15) is 14.4 Å². The summed E-state index contributed by atoms with van der Waals surface area (Å²) in [7, 11) is 0. The first-order valence-electron chi connectivity index (χ1n) is 29.9. The zero-order valence-electron chi connectivity index (χ0n) is 46.9. The average Bonchev–Trinajstić information content (AvgIpc) is 3.38. The molecule has 0 aliphatic heterocycles. The van der Waals surface area contributed by atoms with E-state index in [0.29, 0.717) is 19.3 Å². The van der Waals surface area contributed by atoms with Gasteiger partial charge in [0, 0.05) is 12.8 Å². The van der Waals surface area contributed by atoms with Gasteiger partial charge in [-0.05, 0) is 70.6 Å². The molecule has 0 heterocycles. The van der Waals surface area contributed by atoms with Crippen LogP contribution in [0.3, 0.4) is 0 Å². The Hall–Kier alpha value is -3.93. The highest BCUT2D eigenvalue weighted by Crippen LogP contribution is 2.17. The van der Waals surface area contributed by atoms with Gasteiger partial charge in [-0.15, -0.1) is 0 Å². The molecule has 0 spiro atoms. The van der Waals surface area contributed by atoms with Crippen LogP contribution in [0.4, 0.5) is 0 Å². The van der Waals surface area contributed by atoms with Crippen molar-refractivity contribution in [1.82, 2.24) is 0 Å². The van der Waals surface area contributed by atoms with Crippen molar-refractivity contribution in [3.05, 3.63) is 109 Å². The third kappa shape index (κ3) is 57.0. The molecule has 0 aromatic carbocycles. The molecule has 0 amide bonds. The van der Waals surface area contributed by atoms with Crippen LogP contribution in [0.15, 0.2) is 109 Å². The molecule has 72 heavy (non-hydrogen) atoms. The quantitative estimate of drug-likeness (QED) is 0.0261. The molecule has 0 N–H and O–H groups in total. The Morgan fingerprint density at radius 3 is 0.917 bits per heavy atom. The standard InChI is InChI=1S/C66H110O6/c1-4-7-10-13-16-19-22-25-27-28-29-30-31-32-33-34-35-36-37-39-41-44-47-50-53-56-59-65(68)71-62-63(61-70-64(67)58-55-52-49-46-43-40-24-21-18-15-12-9-6-3)72-66(69)60-57-54-51-48-45-42-38-26-23-20-17-14-11-8-5-2/h8-9,11-12,17-18,20-21,26,38,40,43,45,48-49,52,54,57,63H,4-7,10,13-16,19,22-25,27-37,39,41-42,44,46-47,50-51,53,55-56,58-62H2,1-3H3/b11-8-,12-9-,20-17-,21-18-,38-26-,43-40-,48-45-,52-49-,57-54-. The Labute approximate surface area is 444 Å². The first kappa shape index (κ1) is 68.1. The van der Waals surface area contributed by atoms with E-state index in [1.54, 1.807) is 6.08 Å². The van der Waals surface area contributed by atoms with Gasteiger partial charge in [0.05, 0.1) is 6.42 Å². The number of esters is 3. The summed E-state index contributed by atoms with van der Waals surface area (Å²) in [6.45, 7) is 6.28. The van der Waals surface area contributed by atoms with E-state index in [1.165, 1.54) is 148 Å². The molecule has 1 unspecified atom stereocenters. The zero-order chi connectivity index (χ0) is 52.2. The molecule has 1 atom stereocenters. The molecule has 0 aromatic heterocycles. The van der Waals surface area contributed by atoms with Gasteiger partial charge in [0.15, 0.2) is 6.10 Å². The maximum atomic E-state index is 12.8. The number of ether oxygens (including phenoxy) is 3. The van der Waals surface area contributed by atoms with Gasteiger partial charge in [0.25, 0.3) is 0 Å². The van der Waals surface area contributed by atoms with E-state index in [4.69, 9.17) is 14.2 Å². The lowest BCUT2D eigenvalue weighted by Gasteiger charge is -2.18. The molecular formula is C66H110O6. The minimum absolute atomic E-state index is 0.0807. The van der Waals surface area contributed by atoms with Crippen molar-refractivity contribution < 1.29 is 28.6 Å². The third-order valence-corrected chi connectivity index (χ3v) is 12.6. The summed E-state index contributed by atoms with van der Waals surface area (Å²) in [5.74, 6) is -1.15. The number of carbonyl (C=O) groups is 3. The van der Waals surface area contributed by atoms with Crippen LogP contribution in [-0.4, -0.2) is 37.2 Å². The molecule has 6 heteroatoms. The van der Waals surface area contributed by atoms with Gasteiger partial charge in [0.1, 0.15) is 13.2 Å². The number of hydrogen-bond acceptors (Lipinski definition) is 6. The number of allylic oxidation sites excluding steroid dienone is 17. The second-order valence-corrected chi connectivity index (χ2v) is 19.5. The lowest BCUT2D eigenvalue weighted by Crippen LogP contribution is -2.30. The second-order valence-electron chi connectivity index (χ2n) is 19.5. The van der Waals surface area contributed by atoms with Crippen molar-refractivity contribution in [2.75, 3.05) is 13.2 Å². The molecule has 0 radical (unpaired) electrons. The molecule has 0 saturated heterocycles. The largest absolute Gasteiger partial charge is 0.462 e. The molecule has 0 saturated carbocycles. The van der Waals surface area contributed by atoms with Crippen LogP contribution in [0, 0.1) is 0 Å². The monoisotopic (exact) mass is 999 g/mol. The maximum Gasteiger partial charge on any atom is 0.310 e. The predicted molar refractivity (Wildman–Crippen MR) is 311 cm³/mol. The average molecular weight is 1000 g/mol. The minimum Gasteiger partial charge on any atom is -0.462 e. The van der Waals surface area contributed by atoms with Gasteiger partial charge in [-0.25, -0.2) is 0 Å². The highest BCUT2D eigenvalue weighted by atomic mass is 16.6. The summed E-state index contributed by atoms with van der Waals surface area (Å²) in [5, 5.41) is 0. The second kappa shape index (κ2) is 59.6. The summed E-state index contributed by atoms with van der Waals surface area (Å²) in [6.07, 6.45) is 81.5. The van der Waals surface area contributed by atoms with Crippen molar-refractivity contribution in [1.29, 1.82) is 0 Å². The Morgan fingerprint density at radius 1 is 0.306 bits per heavy atom. The van der Waals surface area contributed by atoms with Crippen LogP contribution in [-0.2, 0) is 28.6 Å². The van der Waals surface area contributed by atoms with Crippen molar-refractivity contribution in [3.8, 4) is 0 Å². The molecule has 0 aliphatic rings. The summed E-state index contributed by atoms with van der Waals surface area (Å²) in [6, 6.07) is 0. The SMILES string of the molecule is CC/C=C\C/C=C\C/C=C\C/C=C\C/C=C\CC(=O)OC(COC(=O)CC/C=C\C/C=C\C/C=C\C/C=C\CC)COC(=O)CCCCCCCCCCCCCCCCCCCCCCCCCCCC. The Kier molecular flexibility index (Phi) is 56.4. The molecule has 6 nitrogen and oxygen atoms in total. The number of unbranched alkanes of at least 4 members (excludes halogenated alkanes) is 25. The highest BCUT2D eigenvalue weighted by molar-refractivity contribution is 5.72. The van der Waals surface area contributed by atoms with E-state index < -0.39 is 12.1 Å². The van der Waals surface area contributed by atoms with Gasteiger partial charge in [0.2, 0.25) is 0 Å². The normalized spacial score (nSPS) is 12.9. The number of hydrogen-bond donors (Lipinski definition) is 0. The number of rotatable bonds is 53. The molecule has 410 valence electrons. The molecular weight excluding hydrogens is 889 g/mol. The maximum absolute atomic E-state index is 12.8. The lowest BCUT2D eigenvalue weighted by atomic mass is 10.0. The van der Waals surface area contributed by atoms with Crippen molar-refractivity contribution in [2.45, 2.75) is 277 Å². The topological polar surface area (TPSA) is 78.9 Å². The van der Waals surface area contributed by atoms with Crippen LogP contribution in [0.2, 0.25) is 0 Å².